The van der Waals surface area contributed by atoms with Gasteiger partial charge in [0.15, 0.2) is 0 Å². The average molecular weight is 269 g/mol. The second-order valence-electron chi connectivity index (χ2n) is 4.00. The zero-order chi connectivity index (χ0) is 14.4. The van der Waals surface area contributed by atoms with Crippen LogP contribution >= 0.6 is 0 Å². The van der Waals surface area contributed by atoms with Crippen molar-refractivity contribution in [1.82, 2.24) is 0 Å². The van der Waals surface area contributed by atoms with Crippen molar-refractivity contribution in [3.63, 3.8) is 0 Å². The number of halogens is 1. The van der Waals surface area contributed by atoms with Crippen LogP contribution in [0.3, 0.4) is 0 Å². The first kappa shape index (κ1) is 15.1. The van der Waals surface area contributed by atoms with Gasteiger partial charge in [-0.2, -0.15) is 0 Å². The Hall–Kier alpha value is -1.95. The van der Waals surface area contributed by atoms with E-state index < -0.39 is 24.3 Å². The van der Waals surface area contributed by atoms with Gasteiger partial charge in [0.25, 0.3) is 5.91 Å². The molecule has 0 aliphatic heterocycles. The minimum absolute atomic E-state index is 0.0734. The number of ether oxygens (including phenoxy) is 1. The first-order chi connectivity index (χ1) is 8.97. The molecule has 0 aliphatic carbocycles. The van der Waals surface area contributed by atoms with Crippen LogP contribution in [-0.4, -0.2) is 30.2 Å². The highest BCUT2D eigenvalue weighted by Gasteiger charge is 2.16. The van der Waals surface area contributed by atoms with E-state index in [-0.39, 0.29) is 17.2 Å². The summed E-state index contributed by atoms with van der Waals surface area (Å²) in [5.74, 6) is -2.14. The smallest absolute Gasteiger partial charge is 0.307 e. The summed E-state index contributed by atoms with van der Waals surface area (Å²) >= 11 is 0. The van der Waals surface area contributed by atoms with Crippen molar-refractivity contribution in [3.8, 4) is 0 Å². The number of benzene rings is 1. The molecular formula is C13H16FNO4. The van der Waals surface area contributed by atoms with E-state index in [0.29, 0.717) is 6.42 Å². The Bertz CT molecular complexity index is 472. The molecule has 0 aromatic heterocycles. The number of methoxy groups -OCH3 is 1. The van der Waals surface area contributed by atoms with Gasteiger partial charge in [-0.1, -0.05) is 13.0 Å². The van der Waals surface area contributed by atoms with Gasteiger partial charge in [-0.05, 0) is 24.1 Å². The van der Waals surface area contributed by atoms with Crippen LogP contribution in [0.25, 0.3) is 0 Å². The first-order valence-electron chi connectivity index (χ1n) is 5.81. The van der Waals surface area contributed by atoms with Crippen molar-refractivity contribution >= 4 is 17.6 Å². The second kappa shape index (κ2) is 6.84. The predicted molar refractivity (Wildman–Crippen MR) is 67.5 cm³/mol. The minimum atomic E-state index is -1.11. The molecule has 1 atom stereocenters. The number of carboxylic acid groups (broad SMARTS) is 1. The van der Waals surface area contributed by atoms with Crippen LogP contribution in [0.5, 0.6) is 0 Å². The van der Waals surface area contributed by atoms with Crippen LogP contribution in [-0.2, 0) is 20.7 Å². The van der Waals surface area contributed by atoms with Crippen molar-refractivity contribution < 1.29 is 23.8 Å². The van der Waals surface area contributed by atoms with Gasteiger partial charge in [0.1, 0.15) is 11.9 Å². The molecule has 1 rings (SSSR count). The number of carboxylic acids is 1. The van der Waals surface area contributed by atoms with Gasteiger partial charge >= 0.3 is 5.97 Å². The lowest BCUT2D eigenvalue weighted by Gasteiger charge is -2.13. The molecule has 0 saturated carbocycles. The standard InChI is InChI=1S/C13H16FNO4/c1-3-11(19-2)13(18)15-9-5-4-8(6-12(16)17)10(14)7-9/h4-5,7,11H,3,6H2,1-2H3,(H,15,18)(H,16,17). The molecule has 104 valence electrons. The maximum absolute atomic E-state index is 13.6. The van der Waals surface area contributed by atoms with E-state index in [0.717, 1.165) is 6.07 Å². The Morgan fingerprint density at radius 2 is 2.16 bits per heavy atom. The molecule has 0 heterocycles. The molecule has 6 heteroatoms. The van der Waals surface area contributed by atoms with Crippen molar-refractivity contribution in [2.45, 2.75) is 25.9 Å². The van der Waals surface area contributed by atoms with Crippen LogP contribution in [0.2, 0.25) is 0 Å². The average Bonchev–Trinajstić information content (AvgIpc) is 2.33. The van der Waals surface area contributed by atoms with E-state index in [9.17, 15) is 14.0 Å². The Labute approximate surface area is 110 Å². The molecule has 2 N–H and O–H groups in total. The largest absolute Gasteiger partial charge is 0.481 e. The third-order valence-electron chi connectivity index (χ3n) is 2.61. The molecule has 0 spiro atoms. The maximum Gasteiger partial charge on any atom is 0.307 e. The van der Waals surface area contributed by atoms with Gasteiger partial charge in [0.2, 0.25) is 0 Å². The van der Waals surface area contributed by atoms with Gasteiger partial charge in [-0.15, -0.1) is 0 Å². The second-order valence-corrected chi connectivity index (χ2v) is 4.00. The van der Waals surface area contributed by atoms with Gasteiger partial charge in [-0.3, -0.25) is 9.59 Å². The summed E-state index contributed by atoms with van der Waals surface area (Å²) < 4.78 is 18.5. The monoisotopic (exact) mass is 269 g/mol. The predicted octanol–water partition coefficient (Wildman–Crippen LogP) is 1.82. The third-order valence-corrected chi connectivity index (χ3v) is 2.61. The van der Waals surface area contributed by atoms with Crippen LogP contribution in [0.4, 0.5) is 10.1 Å². The highest BCUT2D eigenvalue weighted by Crippen LogP contribution is 2.16. The van der Waals surface area contributed by atoms with Gasteiger partial charge in [0, 0.05) is 12.8 Å². The zero-order valence-electron chi connectivity index (χ0n) is 10.8. The van der Waals surface area contributed by atoms with E-state index in [1.165, 1.54) is 19.2 Å². The molecule has 1 aromatic rings. The summed E-state index contributed by atoms with van der Waals surface area (Å²) in [7, 11) is 1.42. The summed E-state index contributed by atoms with van der Waals surface area (Å²) in [6.45, 7) is 1.80. The van der Waals surface area contributed by atoms with E-state index >= 15 is 0 Å². The number of hydrogen-bond acceptors (Lipinski definition) is 3. The van der Waals surface area contributed by atoms with Crippen molar-refractivity contribution in [2.24, 2.45) is 0 Å². The zero-order valence-corrected chi connectivity index (χ0v) is 10.8. The topological polar surface area (TPSA) is 75.6 Å². The summed E-state index contributed by atoms with van der Waals surface area (Å²) in [6.07, 6.45) is -0.487. The van der Waals surface area contributed by atoms with E-state index in [2.05, 4.69) is 5.32 Å². The fourth-order valence-electron chi connectivity index (χ4n) is 1.61. The molecule has 0 bridgehead atoms. The van der Waals surface area contributed by atoms with Gasteiger partial charge in [0.05, 0.1) is 6.42 Å². The normalized spacial score (nSPS) is 11.9. The van der Waals surface area contributed by atoms with E-state index in [4.69, 9.17) is 9.84 Å². The summed E-state index contributed by atoms with van der Waals surface area (Å²) in [4.78, 5) is 22.2. The highest BCUT2D eigenvalue weighted by atomic mass is 19.1. The molecular weight excluding hydrogens is 253 g/mol. The Kier molecular flexibility index (Phi) is 5.44. The molecule has 0 aliphatic rings. The maximum atomic E-state index is 13.6. The molecule has 1 unspecified atom stereocenters. The SMILES string of the molecule is CCC(OC)C(=O)Nc1ccc(CC(=O)O)c(F)c1. The van der Waals surface area contributed by atoms with Gasteiger partial charge in [-0.25, -0.2) is 4.39 Å². The quantitative estimate of drug-likeness (QED) is 0.826. The van der Waals surface area contributed by atoms with E-state index in [1.54, 1.807) is 6.92 Å². The third kappa shape index (κ3) is 4.33. The lowest BCUT2D eigenvalue weighted by atomic mass is 10.1. The number of nitrogens with one attached hydrogen (secondary N) is 1. The van der Waals surface area contributed by atoms with Crippen molar-refractivity contribution in [2.75, 3.05) is 12.4 Å². The molecule has 1 amide bonds. The molecule has 5 nitrogen and oxygen atoms in total. The Morgan fingerprint density at radius 3 is 2.63 bits per heavy atom. The number of hydrogen-bond donors (Lipinski definition) is 2. The van der Waals surface area contributed by atoms with Gasteiger partial charge < -0.3 is 15.2 Å². The van der Waals surface area contributed by atoms with Crippen molar-refractivity contribution in [1.29, 1.82) is 0 Å². The number of amides is 1. The highest BCUT2D eigenvalue weighted by molar-refractivity contribution is 5.94. The molecule has 0 radical (unpaired) electrons. The minimum Gasteiger partial charge on any atom is -0.481 e. The van der Waals surface area contributed by atoms with Crippen molar-refractivity contribution in [3.05, 3.63) is 29.6 Å². The van der Waals surface area contributed by atoms with Crippen LogP contribution in [0.1, 0.15) is 18.9 Å². The van der Waals surface area contributed by atoms with Crippen LogP contribution < -0.4 is 5.32 Å². The number of carbonyl (C=O) groups excluding carboxylic acids is 1. The lowest BCUT2D eigenvalue weighted by Crippen LogP contribution is -2.28. The Morgan fingerprint density at radius 1 is 1.47 bits per heavy atom. The van der Waals surface area contributed by atoms with E-state index in [1.807, 2.05) is 0 Å². The summed E-state index contributed by atoms with van der Waals surface area (Å²) in [5.41, 5.74) is 0.344. The van der Waals surface area contributed by atoms with Crippen LogP contribution in [0, 0.1) is 5.82 Å². The lowest BCUT2D eigenvalue weighted by molar-refractivity contribution is -0.136. The molecule has 0 saturated heterocycles. The number of carbonyl (C=O) groups is 2. The first-order valence-corrected chi connectivity index (χ1v) is 5.81. The fraction of sp³-hybridized carbons (Fsp3) is 0.385. The number of aliphatic carboxylic acids is 1. The molecule has 1 aromatic carbocycles. The Balaban J connectivity index is 2.78. The molecule has 0 fully saturated rings. The van der Waals surface area contributed by atoms with Crippen LogP contribution in [0.15, 0.2) is 18.2 Å². The molecule has 19 heavy (non-hydrogen) atoms. The number of rotatable bonds is 6. The fourth-order valence-corrected chi connectivity index (χ4v) is 1.61. The number of anilines is 1. The summed E-state index contributed by atoms with van der Waals surface area (Å²) in [5, 5.41) is 11.1. The summed E-state index contributed by atoms with van der Waals surface area (Å²) in [6, 6.07) is 3.90.